The summed E-state index contributed by atoms with van der Waals surface area (Å²) in [5.74, 6) is -0.0260. The van der Waals surface area contributed by atoms with Crippen LogP contribution in [0, 0.1) is 5.41 Å². The van der Waals surface area contributed by atoms with Crippen molar-refractivity contribution in [1.29, 1.82) is 0 Å². The van der Waals surface area contributed by atoms with Crippen molar-refractivity contribution in [2.24, 2.45) is 16.3 Å². The van der Waals surface area contributed by atoms with Gasteiger partial charge in [0.2, 0.25) is 5.91 Å². The van der Waals surface area contributed by atoms with Crippen molar-refractivity contribution in [2.75, 3.05) is 20.1 Å². The molecule has 0 atom stereocenters. The highest BCUT2D eigenvalue weighted by Crippen LogP contribution is 2.36. The van der Waals surface area contributed by atoms with Gasteiger partial charge in [-0.1, -0.05) is 24.4 Å². The standard InChI is InChI=1S/C14H26N4O2/c1-18(11-5-6-11)10-9-16-13(19)14(12(15)17-20)7-3-2-4-8-14/h11,20H,2-10H2,1H3,(H2,15,17)(H,16,19). The lowest BCUT2D eigenvalue weighted by molar-refractivity contribution is -0.129. The highest BCUT2D eigenvalue weighted by molar-refractivity contribution is 6.06. The number of likely N-dealkylation sites (N-methyl/N-ethyl adjacent to an activating group) is 1. The quantitative estimate of drug-likeness (QED) is 0.292. The third kappa shape index (κ3) is 3.23. The van der Waals surface area contributed by atoms with Gasteiger partial charge in [-0.15, -0.1) is 0 Å². The molecule has 0 saturated heterocycles. The van der Waals surface area contributed by atoms with Crippen molar-refractivity contribution >= 4 is 11.7 Å². The monoisotopic (exact) mass is 282 g/mol. The first kappa shape index (κ1) is 15.1. The molecule has 2 aliphatic rings. The highest BCUT2D eigenvalue weighted by atomic mass is 16.4. The van der Waals surface area contributed by atoms with E-state index in [9.17, 15) is 4.79 Å². The maximum atomic E-state index is 12.5. The summed E-state index contributed by atoms with van der Waals surface area (Å²) in [6.45, 7) is 1.47. The molecule has 2 saturated carbocycles. The van der Waals surface area contributed by atoms with Crippen LogP contribution in [-0.2, 0) is 4.79 Å². The Bertz CT molecular complexity index is 373. The van der Waals surface area contributed by atoms with Crippen molar-refractivity contribution in [3.05, 3.63) is 0 Å². The zero-order valence-electron chi connectivity index (χ0n) is 12.3. The Morgan fingerprint density at radius 1 is 1.40 bits per heavy atom. The van der Waals surface area contributed by atoms with Gasteiger partial charge in [0, 0.05) is 19.1 Å². The van der Waals surface area contributed by atoms with Crippen molar-refractivity contribution in [3.63, 3.8) is 0 Å². The number of amides is 1. The fourth-order valence-corrected chi connectivity index (χ4v) is 3.06. The van der Waals surface area contributed by atoms with Gasteiger partial charge in [-0.25, -0.2) is 0 Å². The molecular weight excluding hydrogens is 256 g/mol. The molecule has 6 nitrogen and oxygen atoms in total. The SMILES string of the molecule is CN(CCNC(=O)C1(C(N)=NO)CCCCC1)C1CC1. The predicted octanol–water partition coefficient (Wildman–Crippen LogP) is 0.894. The fourth-order valence-electron chi connectivity index (χ4n) is 3.06. The summed E-state index contributed by atoms with van der Waals surface area (Å²) >= 11 is 0. The van der Waals surface area contributed by atoms with E-state index < -0.39 is 5.41 Å². The summed E-state index contributed by atoms with van der Waals surface area (Å²) in [7, 11) is 2.09. The summed E-state index contributed by atoms with van der Waals surface area (Å²) in [6, 6.07) is 0.694. The molecule has 0 radical (unpaired) electrons. The zero-order valence-corrected chi connectivity index (χ0v) is 12.3. The van der Waals surface area contributed by atoms with E-state index in [1.807, 2.05) is 0 Å². The third-order valence-electron chi connectivity index (χ3n) is 4.66. The molecule has 0 spiro atoms. The number of oxime groups is 1. The van der Waals surface area contributed by atoms with Crippen LogP contribution in [0.3, 0.4) is 0 Å². The molecule has 0 aromatic heterocycles. The molecule has 114 valence electrons. The molecule has 20 heavy (non-hydrogen) atoms. The lowest BCUT2D eigenvalue weighted by Crippen LogP contribution is -2.52. The van der Waals surface area contributed by atoms with Crippen LogP contribution >= 0.6 is 0 Å². The van der Waals surface area contributed by atoms with Gasteiger partial charge < -0.3 is 21.2 Å². The Morgan fingerprint density at radius 2 is 2.05 bits per heavy atom. The van der Waals surface area contributed by atoms with Crippen LogP contribution in [0.2, 0.25) is 0 Å². The minimum atomic E-state index is -0.800. The number of carbonyl (C=O) groups is 1. The van der Waals surface area contributed by atoms with Gasteiger partial charge >= 0.3 is 0 Å². The minimum absolute atomic E-state index is 0.0604. The Kier molecular flexibility index (Phi) is 4.86. The van der Waals surface area contributed by atoms with Crippen LogP contribution in [0.15, 0.2) is 5.16 Å². The largest absolute Gasteiger partial charge is 0.409 e. The first-order chi connectivity index (χ1) is 9.60. The van der Waals surface area contributed by atoms with Gasteiger partial charge in [-0.3, -0.25) is 4.79 Å². The lowest BCUT2D eigenvalue weighted by atomic mass is 9.72. The normalized spacial score (nSPS) is 22.8. The molecule has 2 aliphatic carbocycles. The molecule has 0 bridgehead atoms. The summed E-state index contributed by atoms with van der Waals surface area (Å²) in [4.78, 5) is 14.8. The molecule has 2 fully saturated rings. The Balaban J connectivity index is 1.89. The average molecular weight is 282 g/mol. The summed E-state index contributed by atoms with van der Waals surface area (Å²) in [6.07, 6.45) is 6.88. The molecule has 6 heteroatoms. The van der Waals surface area contributed by atoms with Crippen LogP contribution in [0.25, 0.3) is 0 Å². The van der Waals surface area contributed by atoms with E-state index >= 15 is 0 Å². The number of nitrogens with zero attached hydrogens (tertiary/aromatic N) is 2. The number of carbonyl (C=O) groups excluding carboxylic acids is 1. The topological polar surface area (TPSA) is 91.0 Å². The summed E-state index contributed by atoms with van der Waals surface area (Å²) < 4.78 is 0. The van der Waals surface area contributed by atoms with Crippen LogP contribution in [0.1, 0.15) is 44.9 Å². The van der Waals surface area contributed by atoms with Gasteiger partial charge in [0.15, 0.2) is 5.84 Å². The molecule has 0 aliphatic heterocycles. The number of hydrogen-bond acceptors (Lipinski definition) is 4. The average Bonchev–Trinajstić information content (AvgIpc) is 3.31. The molecule has 0 aromatic rings. The maximum absolute atomic E-state index is 12.5. The van der Waals surface area contributed by atoms with Crippen molar-refractivity contribution in [1.82, 2.24) is 10.2 Å². The molecular formula is C14H26N4O2. The van der Waals surface area contributed by atoms with Crippen LogP contribution in [-0.4, -0.2) is 48.0 Å². The van der Waals surface area contributed by atoms with Gasteiger partial charge in [0.05, 0.1) is 0 Å². The molecule has 0 heterocycles. The maximum Gasteiger partial charge on any atom is 0.233 e. The Morgan fingerprint density at radius 3 is 2.60 bits per heavy atom. The van der Waals surface area contributed by atoms with Gasteiger partial charge in [0.25, 0.3) is 0 Å². The van der Waals surface area contributed by atoms with E-state index in [1.54, 1.807) is 0 Å². The number of amidine groups is 1. The van der Waals surface area contributed by atoms with Crippen molar-refractivity contribution in [2.45, 2.75) is 51.0 Å². The third-order valence-corrected chi connectivity index (χ3v) is 4.66. The van der Waals surface area contributed by atoms with E-state index in [0.717, 1.165) is 25.8 Å². The smallest absolute Gasteiger partial charge is 0.233 e. The molecule has 1 amide bonds. The molecule has 0 aromatic carbocycles. The van der Waals surface area contributed by atoms with Crippen LogP contribution < -0.4 is 11.1 Å². The second-order valence-electron chi connectivity index (χ2n) is 6.10. The second kappa shape index (κ2) is 6.43. The van der Waals surface area contributed by atoms with Crippen molar-refractivity contribution in [3.8, 4) is 0 Å². The molecule has 0 unspecified atom stereocenters. The minimum Gasteiger partial charge on any atom is -0.409 e. The number of hydrogen-bond donors (Lipinski definition) is 3. The van der Waals surface area contributed by atoms with Crippen LogP contribution in [0.4, 0.5) is 0 Å². The first-order valence-electron chi connectivity index (χ1n) is 7.57. The number of nitrogens with two attached hydrogens (primary N) is 1. The van der Waals surface area contributed by atoms with Gasteiger partial charge in [-0.05, 0) is 32.7 Å². The van der Waals surface area contributed by atoms with E-state index in [2.05, 4.69) is 22.4 Å². The Hall–Kier alpha value is -1.30. The van der Waals surface area contributed by atoms with E-state index in [4.69, 9.17) is 10.9 Å². The first-order valence-corrected chi connectivity index (χ1v) is 7.57. The number of rotatable bonds is 6. The zero-order chi connectivity index (χ0) is 14.6. The van der Waals surface area contributed by atoms with E-state index in [1.165, 1.54) is 12.8 Å². The number of nitrogens with one attached hydrogen (secondary N) is 1. The molecule has 2 rings (SSSR count). The van der Waals surface area contributed by atoms with Gasteiger partial charge in [-0.2, -0.15) is 0 Å². The predicted molar refractivity (Wildman–Crippen MR) is 77.6 cm³/mol. The second-order valence-corrected chi connectivity index (χ2v) is 6.10. The summed E-state index contributed by atoms with van der Waals surface area (Å²) in [5.41, 5.74) is 5.00. The van der Waals surface area contributed by atoms with E-state index in [-0.39, 0.29) is 11.7 Å². The van der Waals surface area contributed by atoms with E-state index in [0.29, 0.717) is 25.4 Å². The molecule has 4 N–H and O–H groups in total. The Labute approximate surface area is 120 Å². The summed E-state index contributed by atoms with van der Waals surface area (Å²) in [5, 5.41) is 15.0. The fraction of sp³-hybridized carbons (Fsp3) is 0.857. The highest BCUT2D eigenvalue weighted by Gasteiger charge is 2.43. The van der Waals surface area contributed by atoms with Crippen LogP contribution in [0.5, 0.6) is 0 Å². The lowest BCUT2D eigenvalue weighted by Gasteiger charge is -2.34. The van der Waals surface area contributed by atoms with Gasteiger partial charge in [0.1, 0.15) is 5.41 Å². The van der Waals surface area contributed by atoms with Crippen molar-refractivity contribution < 1.29 is 10.0 Å².